The predicted molar refractivity (Wildman–Crippen MR) is 65.1 cm³/mol. The van der Waals surface area contributed by atoms with Gasteiger partial charge in [-0.3, -0.25) is 4.79 Å². The minimum atomic E-state index is -1.10. The Morgan fingerprint density at radius 3 is 2.35 bits per heavy atom. The van der Waals surface area contributed by atoms with E-state index in [1.54, 1.807) is 25.1 Å². The van der Waals surface area contributed by atoms with Crippen LogP contribution >= 0.6 is 11.8 Å². The molecule has 1 heterocycles. The van der Waals surface area contributed by atoms with Gasteiger partial charge in [0.2, 0.25) is 0 Å². The van der Waals surface area contributed by atoms with Gasteiger partial charge < -0.3 is 5.32 Å². The van der Waals surface area contributed by atoms with Gasteiger partial charge in [0.1, 0.15) is 5.54 Å². The molecule has 1 saturated heterocycles. The maximum Gasteiger partial charge on any atom is 0.340 e. The molecule has 1 aromatic rings. The SMILES string of the molecule is C=Cc1ccc([C@]2(C)NC(=O)N(Cl)C2=O)cc1. The Hall–Kier alpha value is -1.81. The third-order valence-electron chi connectivity index (χ3n) is 2.87. The van der Waals surface area contributed by atoms with E-state index in [4.69, 9.17) is 11.8 Å². The first-order valence-electron chi connectivity index (χ1n) is 5.04. The van der Waals surface area contributed by atoms with Gasteiger partial charge in [-0.2, -0.15) is 4.42 Å². The highest BCUT2D eigenvalue weighted by Crippen LogP contribution is 2.29. The molecule has 4 nitrogen and oxygen atoms in total. The van der Waals surface area contributed by atoms with Crippen molar-refractivity contribution in [3.63, 3.8) is 0 Å². The average Bonchev–Trinajstić information content (AvgIpc) is 2.55. The number of hydrogen-bond donors (Lipinski definition) is 1. The maximum atomic E-state index is 11.9. The van der Waals surface area contributed by atoms with Crippen LogP contribution in [0, 0.1) is 0 Å². The molecule has 0 bridgehead atoms. The molecular formula is C12H11ClN2O2. The van der Waals surface area contributed by atoms with Crippen LogP contribution in [0.4, 0.5) is 4.79 Å². The number of rotatable bonds is 2. The summed E-state index contributed by atoms with van der Waals surface area (Å²) in [4.78, 5) is 23.2. The molecule has 2 rings (SSSR count). The number of nitrogens with zero attached hydrogens (tertiary/aromatic N) is 1. The normalized spacial score (nSPS) is 23.8. The molecule has 0 unspecified atom stereocenters. The van der Waals surface area contributed by atoms with E-state index in [9.17, 15) is 9.59 Å². The standard InChI is InChI=1S/C12H11ClN2O2/c1-3-8-4-6-9(7-5-8)12(2)10(16)15(13)11(17)14-12/h3-7H,1H2,2H3,(H,14,17)/t12-/m0/s1. The lowest BCUT2D eigenvalue weighted by Gasteiger charge is -2.21. The number of nitrogens with one attached hydrogen (secondary N) is 1. The molecule has 1 aliphatic rings. The molecule has 1 aliphatic heterocycles. The second-order valence-corrected chi connectivity index (χ2v) is 4.31. The third kappa shape index (κ3) is 1.70. The van der Waals surface area contributed by atoms with Crippen molar-refractivity contribution >= 4 is 29.8 Å². The number of halogens is 1. The lowest BCUT2D eigenvalue weighted by molar-refractivity contribution is -0.127. The summed E-state index contributed by atoms with van der Waals surface area (Å²) in [5.41, 5.74) is 0.528. The molecule has 0 saturated carbocycles. The number of carbonyl (C=O) groups excluding carboxylic acids is 2. The molecule has 1 aromatic carbocycles. The monoisotopic (exact) mass is 250 g/mol. The molecule has 0 aromatic heterocycles. The quantitative estimate of drug-likeness (QED) is 0.647. The average molecular weight is 251 g/mol. The Bertz CT molecular complexity index is 498. The van der Waals surface area contributed by atoms with Gasteiger partial charge in [0.25, 0.3) is 5.91 Å². The molecule has 0 aliphatic carbocycles. The van der Waals surface area contributed by atoms with Crippen LogP contribution in [-0.2, 0) is 10.3 Å². The molecule has 1 fully saturated rings. The number of imide groups is 1. The molecule has 3 amide bonds. The highest BCUT2D eigenvalue weighted by atomic mass is 35.5. The lowest BCUT2D eigenvalue weighted by atomic mass is 9.91. The molecular weight excluding hydrogens is 240 g/mol. The summed E-state index contributed by atoms with van der Waals surface area (Å²) in [6, 6.07) is 6.58. The minimum Gasteiger partial charge on any atom is -0.318 e. The van der Waals surface area contributed by atoms with Crippen LogP contribution in [0.15, 0.2) is 30.8 Å². The van der Waals surface area contributed by atoms with Gasteiger partial charge in [-0.05, 0) is 18.1 Å². The van der Waals surface area contributed by atoms with Crippen molar-refractivity contribution in [2.45, 2.75) is 12.5 Å². The number of amides is 3. The zero-order chi connectivity index (χ0) is 12.6. The van der Waals surface area contributed by atoms with E-state index in [-0.39, 0.29) is 0 Å². The highest BCUT2D eigenvalue weighted by molar-refractivity contribution is 6.33. The first-order chi connectivity index (χ1) is 7.99. The fraction of sp³-hybridized carbons (Fsp3) is 0.167. The Labute approximate surface area is 104 Å². The van der Waals surface area contributed by atoms with E-state index >= 15 is 0 Å². The fourth-order valence-corrected chi connectivity index (χ4v) is 1.96. The predicted octanol–water partition coefficient (Wildman–Crippen LogP) is 2.25. The Kier molecular flexibility index (Phi) is 2.67. The first-order valence-corrected chi connectivity index (χ1v) is 5.38. The fourth-order valence-electron chi connectivity index (χ4n) is 1.75. The largest absolute Gasteiger partial charge is 0.340 e. The number of hydrogen-bond acceptors (Lipinski definition) is 2. The Morgan fingerprint density at radius 1 is 1.35 bits per heavy atom. The van der Waals surface area contributed by atoms with E-state index in [1.807, 2.05) is 12.1 Å². The van der Waals surface area contributed by atoms with E-state index in [0.29, 0.717) is 9.98 Å². The summed E-state index contributed by atoms with van der Waals surface area (Å²) in [6.45, 7) is 5.27. The van der Waals surface area contributed by atoms with Gasteiger partial charge in [0.05, 0.1) is 0 Å². The lowest BCUT2D eigenvalue weighted by Crippen LogP contribution is -2.40. The van der Waals surface area contributed by atoms with Crippen LogP contribution in [0.5, 0.6) is 0 Å². The smallest absolute Gasteiger partial charge is 0.318 e. The van der Waals surface area contributed by atoms with Crippen LogP contribution in [-0.4, -0.2) is 16.4 Å². The van der Waals surface area contributed by atoms with Gasteiger partial charge in [-0.25, -0.2) is 4.79 Å². The van der Waals surface area contributed by atoms with Crippen LogP contribution in [0.25, 0.3) is 6.08 Å². The summed E-state index contributed by atoms with van der Waals surface area (Å²) in [7, 11) is 0. The Morgan fingerprint density at radius 2 is 1.94 bits per heavy atom. The van der Waals surface area contributed by atoms with Crippen LogP contribution in [0.3, 0.4) is 0 Å². The van der Waals surface area contributed by atoms with Gasteiger partial charge in [0.15, 0.2) is 0 Å². The van der Waals surface area contributed by atoms with E-state index in [0.717, 1.165) is 5.56 Å². The first kappa shape index (κ1) is 11.7. The van der Waals surface area contributed by atoms with E-state index in [2.05, 4.69) is 11.9 Å². The van der Waals surface area contributed by atoms with Crippen molar-refractivity contribution in [3.05, 3.63) is 42.0 Å². The molecule has 0 radical (unpaired) electrons. The van der Waals surface area contributed by atoms with E-state index < -0.39 is 17.5 Å². The van der Waals surface area contributed by atoms with Gasteiger partial charge >= 0.3 is 6.03 Å². The van der Waals surface area contributed by atoms with Gasteiger partial charge in [-0.1, -0.05) is 36.9 Å². The Balaban J connectivity index is 2.41. The second kappa shape index (κ2) is 3.89. The minimum absolute atomic E-state index is 0.476. The third-order valence-corrected chi connectivity index (χ3v) is 3.17. The molecule has 17 heavy (non-hydrogen) atoms. The molecule has 1 atom stereocenters. The zero-order valence-corrected chi connectivity index (χ0v) is 9.99. The molecule has 1 N–H and O–H groups in total. The summed E-state index contributed by atoms with van der Waals surface area (Å²) < 4.78 is 0.571. The highest BCUT2D eigenvalue weighted by Gasteiger charge is 2.48. The van der Waals surface area contributed by atoms with Gasteiger partial charge in [0, 0.05) is 11.8 Å². The van der Waals surface area contributed by atoms with E-state index in [1.165, 1.54) is 0 Å². The summed E-state index contributed by atoms with van der Waals surface area (Å²) >= 11 is 5.56. The van der Waals surface area contributed by atoms with Crippen LogP contribution in [0.2, 0.25) is 0 Å². The number of benzene rings is 1. The van der Waals surface area contributed by atoms with Crippen molar-refractivity contribution in [3.8, 4) is 0 Å². The van der Waals surface area contributed by atoms with Crippen molar-refractivity contribution in [1.82, 2.24) is 9.74 Å². The summed E-state index contributed by atoms with van der Waals surface area (Å²) in [6.07, 6.45) is 1.70. The van der Waals surface area contributed by atoms with Crippen molar-refractivity contribution < 1.29 is 9.59 Å². The molecule has 88 valence electrons. The molecule has 0 spiro atoms. The zero-order valence-electron chi connectivity index (χ0n) is 9.24. The maximum absolute atomic E-state index is 11.9. The summed E-state index contributed by atoms with van der Waals surface area (Å²) in [5, 5.41) is 2.56. The van der Waals surface area contributed by atoms with Crippen molar-refractivity contribution in [2.75, 3.05) is 0 Å². The molecule has 5 heteroatoms. The van der Waals surface area contributed by atoms with Crippen LogP contribution < -0.4 is 5.32 Å². The summed E-state index contributed by atoms with van der Waals surface area (Å²) in [5.74, 6) is -0.476. The number of urea groups is 1. The number of carbonyl (C=O) groups is 2. The van der Waals surface area contributed by atoms with Crippen molar-refractivity contribution in [2.24, 2.45) is 0 Å². The van der Waals surface area contributed by atoms with Crippen molar-refractivity contribution in [1.29, 1.82) is 0 Å². The second-order valence-electron chi connectivity index (χ2n) is 3.97. The van der Waals surface area contributed by atoms with Crippen LogP contribution in [0.1, 0.15) is 18.1 Å². The van der Waals surface area contributed by atoms with Gasteiger partial charge in [-0.15, -0.1) is 0 Å². The topological polar surface area (TPSA) is 49.4 Å².